The number of benzene rings is 2. The molecule has 0 radical (unpaired) electrons. The molecule has 4 nitrogen and oxygen atoms in total. The summed E-state index contributed by atoms with van der Waals surface area (Å²) < 4.78 is 0. The Morgan fingerprint density at radius 1 is 1.10 bits per heavy atom. The Morgan fingerprint density at radius 3 is 2.52 bits per heavy atom. The summed E-state index contributed by atoms with van der Waals surface area (Å²) in [5.74, 6) is 1.12. The molecule has 2 aromatic rings. The smallest absolute Gasteiger partial charge is 0.230 e. The zero-order chi connectivity index (χ0) is 20.6. The predicted octanol–water partition coefficient (Wildman–Crippen LogP) is 4.33. The lowest BCUT2D eigenvalue weighted by atomic mass is 10.1. The van der Waals surface area contributed by atoms with Crippen LogP contribution in [0.25, 0.3) is 0 Å². The van der Waals surface area contributed by atoms with Crippen molar-refractivity contribution < 1.29 is 4.79 Å². The lowest BCUT2D eigenvalue weighted by molar-refractivity contribution is -0.119. The van der Waals surface area contributed by atoms with Crippen molar-refractivity contribution in [2.45, 2.75) is 11.8 Å². The molecule has 1 amide bonds. The molecular weight excluding hydrogens is 425 g/mol. The third kappa shape index (κ3) is 7.19. The molecule has 2 aromatic carbocycles. The molecule has 1 atom stereocenters. The van der Waals surface area contributed by atoms with Crippen LogP contribution in [0, 0.1) is 0 Å². The Labute approximate surface area is 187 Å². The summed E-state index contributed by atoms with van der Waals surface area (Å²) >= 11 is 13.7. The van der Waals surface area contributed by atoms with Gasteiger partial charge in [0.25, 0.3) is 0 Å². The number of carbonyl (C=O) groups is 1. The van der Waals surface area contributed by atoms with Crippen molar-refractivity contribution >= 4 is 40.9 Å². The van der Waals surface area contributed by atoms with E-state index < -0.39 is 0 Å². The van der Waals surface area contributed by atoms with E-state index in [1.165, 1.54) is 0 Å². The van der Waals surface area contributed by atoms with Gasteiger partial charge in [0.1, 0.15) is 0 Å². The molecule has 0 aliphatic carbocycles. The van der Waals surface area contributed by atoms with Gasteiger partial charge in [-0.2, -0.15) is 0 Å². The number of rotatable bonds is 8. The third-order valence-corrected chi connectivity index (χ3v) is 6.65. The highest BCUT2D eigenvalue weighted by atomic mass is 35.5. The Hall–Kier alpha value is -1.24. The van der Waals surface area contributed by atoms with Crippen LogP contribution in [-0.2, 0) is 10.5 Å². The van der Waals surface area contributed by atoms with Gasteiger partial charge in [-0.3, -0.25) is 9.69 Å². The highest BCUT2D eigenvalue weighted by molar-refractivity contribution is 7.99. The fourth-order valence-corrected chi connectivity index (χ4v) is 4.73. The SMILES string of the molecule is CN1CCN(CC(NC(=O)CSCc2ccc(Cl)cc2Cl)c2ccccc2)CC1. The molecule has 156 valence electrons. The minimum Gasteiger partial charge on any atom is -0.347 e. The van der Waals surface area contributed by atoms with Gasteiger partial charge in [-0.05, 0) is 30.3 Å². The molecule has 29 heavy (non-hydrogen) atoms. The van der Waals surface area contributed by atoms with Crippen LogP contribution in [0.3, 0.4) is 0 Å². The second-order valence-corrected chi connectivity index (χ2v) is 9.19. The molecule has 1 fully saturated rings. The van der Waals surface area contributed by atoms with E-state index in [9.17, 15) is 4.79 Å². The van der Waals surface area contributed by atoms with Crippen LogP contribution in [0.4, 0.5) is 0 Å². The van der Waals surface area contributed by atoms with E-state index in [4.69, 9.17) is 23.2 Å². The van der Waals surface area contributed by atoms with E-state index in [1.54, 1.807) is 17.8 Å². The Balaban J connectivity index is 1.54. The Bertz CT molecular complexity index is 798. The summed E-state index contributed by atoms with van der Waals surface area (Å²) in [6.45, 7) is 5.01. The van der Waals surface area contributed by atoms with Crippen molar-refractivity contribution in [2.75, 3.05) is 45.5 Å². The quantitative estimate of drug-likeness (QED) is 0.647. The van der Waals surface area contributed by atoms with Gasteiger partial charge in [-0.25, -0.2) is 0 Å². The molecule has 0 aromatic heterocycles. The number of carbonyl (C=O) groups excluding carboxylic acids is 1. The second kappa shape index (κ2) is 11.2. The summed E-state index contributed by atoms with van der Waals surface area (Å²) in [4.78, 5) is 17.4. The van der Waals surface area contributed by atoms with Gasteiger partial charge in [-0.1, -0.05) is 59.6 Å². The van der Waals surface area contributed by atoms with Crippen LogP contribution in [0.5, 0.6) is 0 Å². The molecule has 3 rings (SSSR count). The van der Waals surface area contributed by atoms with Crippen molar-refractivity contribution in [3.63, 3.8) is 0 Å². The van der Waals surface area contributed by atoms with Gasteiger partial charge in [0.2, 0.25) is 5.91 Å². The monoisotopic (exact) mass is 451 g/mol. The molecule has 1 saturated heterocycles. The topological polar surface area (TPSA) is 35.6 Å². The average molecular weight is 452 g/mol. The molecule has 1 heterocycles. The first-order valence-electron chi connectivity index (χ1n) is 9.78. The number of amides is 1. The molecule has 1 N–H and O–H groups in total. The number of nitrogens with zero attached hydrogens (tertiary/aromatic N) is 2. The molecule has 1 aliphatic heterocycles. The van der Waals surface area contributed by atoms with E-state index in [-0.39, 0.29) is 11.9 Å². The minimum absolute atomic E-state index is 0.00757. The van der Waals surface area contributed by atoms with Crippen LogP contribution < -0.4 is 5.32 Å². The van der Waals surface area contributed by atoms with Crippen molar-refractivity contribution in [1.29, 1.82) is 0 Å². The lowest BCUT2D eigenvalue weighted by Gasteiger charge is -2.35. The zero-order valence-electron chi connectivity index (χ0n) is 16.6. The molecule has 7 heteroatoms. The van der Waals surface area contributed by atoms with Crippen LogP contribution in [-0.4, -0.2) is 61.2 Å². The largest absolute Gasteiger partial charge is 0.347 e. The summed E-state index contributed by atoms with van der Waals surface area (Å²) in [5.41, 5.74) is 2.14. The maximum absolute atomic E-state index is 12.6. The third-order valence-electron chi connectivity index (χ3n) is 5.08. The van der Waals surface area contributed by atoms with Crippen molar-refractivity contribution in [1.82, 2.24) is 15.1 Å². The van der Waals surface area contributed by atoms with E-state index in [2.05, 4.69) is 34.3 Å². The predicted molar refractivity (Wildman–Crippen MR) is 124 cm³/mol. The van der Waals surface area contributed by atoms with E-state index >= 15 is 0 Å². The first-order valence-corrected chi connectivity index (χ1v) is 11.7. The average Bonchev–Trinajstić information content (AvgIpc) is 2.71. The number of thioether (sulfide) groups is 1. The number of hydrogen-bond acceptors (Lipinski definition) is 4. The normalized spacial score (nSPS) is 16.5. The summed E-state index contributed by atoms with van der Waals surface area (Å²) in [7, 11) is 2.15. The first kappa shape index (κ1) is 22.4. The number of halogens is 2. The molecular formula is C22H27Cl2N3OS. The van der Waals surface area contributed by atoms with Crippen LogP contribution in [0.15, 0.2) is 48.5 Å². The van der Waals surface area contributed by atoms with Crippen LogP contribution in [0.1, 0.15) is 17.2 Å². The Morgan fingerprint density at radius 2 is 1.83 bits per heavy atom. The van der Waals surface area contributed by atoms with Crippen LogP contribution >= 0.6 is 35.0 Å². The minimum atomic E-state index is -0.00757. The number of likely N-dealkylation sites (N-methyl/N-ethyl adjacent to an activating group) is 1. The van der Waals surface area contributed by atoms with E-state index in [0.29, 0.717) is 21.6 Å². The Kier molecular flexibility index (Phi) is 8.69. The molecule has 0 bridgehead atoms. The van der Waals surface area contributed by atoms with Crippen molar-refractivity contribution in [3.05, 3.63) is 69.7 Å². The van der Waals surface area contributed by atoms with Gasteiger partial charge in [0, 0.05) is 48.5 Å². The van der Waals surface area contributed by atoms with Gasteiger partial charge in [-0.15, -0.1) is 11.8 Å². The van der Waals surface area contributed by atoms with Crippen LogP contribution in [0.2, 0.25) is 10.0 Å². The zero-order valence-corrected chi connectivity index (χ0v) is 18.9. The highest BCUT2D eigenvalue weighted by Crippen LogP contribution is 2.25. The van der Waals surface area contributed by atoms with E-state index in [0.717, 1.165) is 43.9 Å². The maximum atomic E-state index is 12.6. The summed E-state index contributed by atoms with van der Waals surface area (Å²) in [6, 6.07) is 15.7. The van der Waals surface area contributed by atoms with Gasteiger partial charge < -0.3 is 10.2 Å². The molecule has 0 saturated carbocycles. The second-order valence-electron chi connectivity index (χ2n) is 7.36. The van der Waals surface area contributed by atoms with Crippen molar-refractivity contribution in [3.8, 4) is 0 Å². The molecule has 1 unspecified atom stereocenters. The standard InChI is InChI=1S/C22H27Cl2N3OS/c1-26-9-11-27(12-10-26)14-21(17-5-3-2-4-6-17)25-22(28)16-29-15-18-7-8-19(23)13-20(18)24/h2-8,13,21H,9-12,14-16H2,1H3,(H,25,28). The number of hydrogen-bond donors (Lipinski definition) is 1. The summed E-state index contributed by atoms with van der Waals surface area (Å²) in [5, 5.41) is 4.50. The fraction of sp³-hybridized carbons (Fsp3) is 0.409. The van der Waals surface area contributed by atoms with Crippen molar-refractivity contribution in [2.24, 2.45) is 0 Å². The number of piperazine rings is 1. The maximum Gasteiger partial charge on any atom is 0.230 e. The molecule has 1 aliphatic rings. The lowest BCUT2D eigenvalue weighted by Crippen LogP contribution is -2.48. The van der Waals surface area contributed by atoms with Gasteiger partial charge >= 0.3 is 0 Å². The fourth-order valence-electron chi connectivity index (χ4n) is 3.34. The first-order chi connectivity index (χ1) is 14.0. The molecule has 0 spiro atoms. The number of nitrogens with one attached hydrogen (secondary N) is 1. The van der Waals surface area contributed by atoms with Gasteiger partial charge in [0.05, 0.1) is 11.8 Å². The summed E-state index contributed by atoms with van der Waals surface area (Å²) in [6.07, 6.45) is 0. The van der Waals surface area contributed by atoms with Gasteiger partial charge in [0.15, 0.2) is 0 Å². The highest BCUT2D eigenvalue weighted by Gasteiger charge is 2.21. The van der Waals surface area contributed by atoms with E-state index in [1.807, 2.05) is 30.3 Å².